The third-order valence-electron chi connectivity index (χ3n) is 5.12. The lowest BCUT2D eigenvalue weighted by Gasteiger charge is -2.17. The predicted molar refractivity (Wildman–Crippen MR) is 121 cm³/mol. The summed E-state index contributed by atoms with van der Waals surface area (Å²) < 4.78 is 4.91. The normalized spacial score (nSPS) is 11.6. The number of para-hydroxylation sites is 1. The van der Waals surface area contributed by atoms with Crippen LogP contribution in [0.1, 0.15) is 16.1 Å². The van der Waals surface area contributed by atoms with Crippen molar-refractivity contribution in [3.63, 3.8) is 0 Å². The number of rotatable bonds is 6. The van der Waals surface area contributed by atoms with Gasteiger partial charge in [-0.2, -0.15) is 0 Å². The lowest BCUT2D eigenvalue weighted by Crippen LogP contribution is -2.43. The number of methoxy groups -OCH3 is 1. The standard InChI is InChI=1S/C26H22N2O3/c1-31-26(30)24(17-18-11-13-20(14-12-18)19-7-3-2-4-8-19)28-25(29)23-16-15-21-9-5-6-10-22(21)27-23/h2-16,24H,17H2,1H3,(H,28,29)/t24-/m0/s1. The lowest BCUT2D eigenvalue weighted by molar-refractivity contribution is -0.142. The zero-order valence-electron chi connectivity index (χ0n) is 17.1. The Bertz CT molecular complexity index is 1200. The predicted octanol–water partition coefficient (Wildman–Crippen LogP) is 4.42. The molecule has 0 radical (unpaired) electrons. The highest BCUT2D eigenvalue weighted by Crippen LogP contribution is 2.20. The maximum absolute atomic E-state index is 12.8. The van der Waals surface area contributed by atoms with E-state index >= 15 is 0 Å². The third kappa shape index (κ3) is 4.78. The summed E-state index contributed by atoms with van der Waals surface area (Å²) in [5, 5.41) is 3.71. The molecule has 1 heterocycles. The Morgan fingerprint density at radius 2 is 1.52 bits per heavy atom. The highest BCUT2D eigenvalue weighted by molar-refractivity contribution is 5.97. The first-order chi connectivity index (χ1) is 15.1. The van der Waals surface area contributed by atoms with Gasteiger partial charge in [-0.25, -0.2) is 9.78 Å². The van der Waals surface area contributed by atoms with Crippen LogP contribution in [0.4, 0.5) is 0 Å². The van der Waals surface area contributed by atoms with Crippen molar-refractivity contribution in [1.82, 2.24) is 10.3 Å². The summed E-state index contributed by atoms with van der Waals surface area (Å²) >= 11 is 0. The molecule has 0 unspecified atom stereocenters. The van der Waals surface area contributed by atoms with E-state index < -0.39 is 17.9 Å². The topological polar surface area (TPSA) is 68.3 Å². The van der Waals surface area contributed by atoms with E-state index in [1.54, 1.807) is 6.07 Å². The van der Waals surface area contributed by atoms with Crippen molar-refractivity contribution in [2.75, 3.05) is 7.11 Å². The maximum atomic E-state index is 12.8. The van der Waals surface area contributed by atoms with Crippen LogP contribution >= 0.6 is 0 Å². The lowest BCUT2D eigenvalue weighted by atomic mass is 10.0. The SMILES string of the molecule is COC(=O)[C@H](Cc1ccc(-c2ccccc2)cc1)NC(=O)c1ccc2ccccc2n1. The minimum absolute atomic E-state index is 0.257. The Balaban J connectivity index is 1.50. The number of ether oxygens (including phenoxy) is 1. The number of carbonyl (C=O) groups is 2. The number of hydrogen-bond donors (Lipinski definition) is 1. The summed E-state index contributed by atoms with van der Waals surface area (Å²) in [5.41, 5.74) is 4.10. The Kier molecular flexibility index (Phi) is 6.03. The Morgan fingerprint density at radius 3 is 2.26 bits per heavy atom. The minimum atomic E-state index is -0.812. The summed E-state index contributed by atoms with van der Waals surface area (Å²) in [6, 6.07) is 28.2. The van der Waals surface area contributed by atoms with Gasteiger partial charge in [0.1, 0.15) is 11.7 Å². The van der Waals surface area contributed by atoms with Crippen LogP contribution in [-0.2, 0) is 16.0 Å². The second-order valence-electron chi connectivity index (χ2n) is 7.21. The van der Waals surface area contributed by atoms with Crippen LogP contribution in [0.15, 0.2) is 91.0 Å². The molecular formula is C26H22N2O3. The number of carbonyl (C=O) groups excluding carboxylic acids is 2. The number of fused-ring (bicyclic) bond motifs is 1. The Hall–Kier alpha value is -3.99. The molecule has 1 atom stereocenters. The molecule has 0 saturated heterocycles. The molecule has 154 valence electrons. The van der Waals surface area contributed by atoms with Crippen LogP contribution in [0.3, 0.4) is 0 Å². The number of hydrogen-bond acceptors (Lipinski definition) is 4. The first-order valence-electron chi connectivity index (χ1n) is 10.0. The number of amides is 1. The summed E-state index contributed by atoms with van der Waals surface area (Å²) in [6.07, 6.45) is 0.321. The van der Waals surface area contributed by atoms with Crippen LogP contribution in [0.25, 0.3) is 22.0 Å². The van der Waals surface area contributed by atoms with Crippen LogP contribution < -0.4 is 5.32 Å². The first kappa shape index (κ1) is 20.3. The van der Waals surface area contributed by atoms with Gasteiger partial charge in [0.2, 0.25) is 0 Å². The summed E-state index contributed by atoms with van der Waals surface area (Å²) in [4.78, 5) is 29.5. The van der Waals surface area contributed by atoms with Gasteiger partial charge in [0.15, 0.2) is 0 Å². The molecule has 1 amide bonds. The van der Waals surface area contributed by atoms with E-state index in [1.165, 1.54) is 7.11 Å². The molecule has 0 bridgehead atoms. The van der Waals surface area contributed by atoms with Crippen molar-refractivity contribution < 1.29 is 14.3 Å². The highest BCUT2D eigenvalue weighted by atomic mass is 16.5. The van der Waals surface area contributed by atoms with Crippen molar-refractivity contribution in [3.8, 4) is 11.1 Å². The maximum Gasteiger partial charge on any atom is 0.328 e. The zero-order chi connectivity index (χ0) is 21.6. The van der Waals surface area contributed by atoms with Crippen molar-refractivity contribution in [2.45, 2.75) is 12.5 Å². The van der Waals surface area contributed by atoms with Gasteiger partial charge in [0.05, 0.1) is 12.6 Å². The first-order valence-corrected chi connectivity index (χ1v) is 10.0. The minimum Gasteiger partial charge on any atom is -0.467 e. The molecule has 0 aliphatic carbocycles. The van der Waals surface area contributed by atoms with Crippen molar-refractivity contribution in [2.24, 2.45) is 0 Å². The molecule has 5 heteroatoms. The molecule has 0 saturated carbocycles. The average Bonchev–Trinajstić information content (AvgIpc) is 2.83. The highest BCUT2D eigenvalue weighted by Gasteiger charge is 2.23. The van der Waals surface area contributed by atoms with Gasteiger partial charge < -0.3 is 10.1 Å². The zero-order valence-corrected chi connectivity index (χ0v) is 17.1. The van der Waals surface area contributed by atoms with Crippen LogP contribution in [0.2, 0.25) is 0 Å². The van der Waals surface area contributed by atoms with Gasteiger partial charge in [0.25, 0.3) is 5.91 Å². The van der Waals surface area contributed by atoms with E-state index in [-0.39, 0.29) is 5.69 Å². The molecule has 1 aromatic heterocycles. The van der Waals surface area contributed by atoms with E-state index in [2.05, 4.69) is 10.3 Å². The molecule has 31 heavy (non-hydrogen) atoms. The van der Waals surface area contributed by atoms with E-state index in [9.17, 15) is 9.59 Å². The summed E-state index contributed by atoms with van der Waals surface area (Å²) in [5.74, 6) is -0.914. The largest absolute Gasteiger partial charge is 0.467 e. The van der Waals surface area contributed by atoms with Gasteiger partial charge in [-0.3, -0.25) is 4.79 Å². The molecule has 0 fully saturated rings. The summed E-state index contributed by atoms with van der Waals surface area (Å²) in [7, 11) is 1.31. The molecule has 5 nitrogen and oxygen atoms in total. The number of benzene rings is 3. The fourth-order valence-electron chi connectivity index (χ4n) is 3.46. The molecular weight excluding hydrogens is 388 g/mol. The Labute approximate surface area is 180 Å². The smallest absolute Gasteiger partial charge is 0.328 e. The van der Waals surface area contributed by atoms with Gasteiger partial charge >= 0.3 is 5.97 Å². The van der Waals surface area contributed by atoms with Crippen molar-refractivity contribution >= 4 is 22.8 Å². The van der Waals surface area contributed by atoms with Gasteiger partial charge in [-0.15, -0.1) is 0 Å². The van der Waals surface area contributed by atoms with Crippen LogP contribution in [0.5, 0.6) is 0 Å². The molecule has 3 aromatic carbocycles. The number of nitrogens with one attached hydrogen (secondary N) is 1. The van der Waals surface area contributed by atoms with Crippen LogP contribution in [0, 0.1) is 0 Å². The van der Waals surface area contributed by atoms with Crippen molar-refractivity contribution in [1.29, 1.82) is 0 Å². The Morgan fingerprint density at radius 1 is 0.839 bits per heavy atom. The number of nitrogens with zero attached hydrogens (tertiary/aromatic N) is 1. The van der Waals surface area contributed by atoms with Gasteiger partial charge in [0, 0.05) is 11.8 Å². The molecule has 4 aromatic rings. The second kappa shape index (κ2) is 9.22. The number of esters is 1. The second-order valence-corrected chi connectivity index (χ2v) is 7.21. The monoisotopic (exact) mass is 410 g/mol. The third-order valence-corrected chi connectivity index (χ3v) is 5.12. The molecule has 0 aliphatic rings. The summed E-state index contributed by atoms with van der Waals surface area (Å²) in [6.45, 7) is 0. The molecule has 0 spiro atoms. The van der Waals surface area contributed by atoms with E-state index in [1.807, 2.05) is 84.9 Å². The van der Waals surface area contributed by atoms with Gasteiger partial charge in [-0.1, -0.05) is 78.9 Å². The number of aromatic nitrogens is 1. The fraction of sp³-hybridized carbons (Fsp3) is 0.115. The molecule has 1 N–H and O–H groups in total. The number of pyridine rings is 1. The van der Waals surface area contributed by atoms with E-state index in [0.717, 1.165) is 27.6 Å². The quantitative estimate of drug-likeness (QED) is 0.478. The molecule has 0 aliphatic heterocycles. The van der Waals surface area contributed by atoms with Crippen molar-refractivity contribution in [3.05, 3.63) is 102 Å². The molecule has 4 rings (SSSR count). The average molecular weight is 410 g/mol. The van der Waals surface area contributed by atoms with E-state index in [0.29, 0.717) is 6.42 Å². The van der Waals surface area contributed by atoms with Gasteiger partial charge in [-0.05, 0) is 28.8 Å². The fourth-order valence-corrected chi connectivity index (χ4v) is 3.46. The van der Waals surface area contributed by atoms with E-state index in [4.69, 9.17) is 4.74 Å². The van der Waals surface area contributed by atoms with Crippen LogP contribution in [-0.4, -0.2) is 30.0 Å².